The Balaban J connectivity index is 3.17. The number of rotatable bonds is 2. The molecular weight excluding hydrogens is 176 g/mol. The first-order valence-electron chi connectivity index (χ1n) is 4.64. The zero-order chi connectivity index (χ0) is 10.8. The fourth-order valence-electron chi connectivity index (χ4n) is 1.11. The smallest absolute Gasteiger partial charge is 0.211 e. The van der Waals surface area contributed by atoms with Crippen molar-refractivity contribution in [2.75, 3.05) is 14.2 Å². The number of hydrogen-bond donors (Lipinski definition) is 0. The van der Waals surface area contributed by atoms with Crippen molar-refractivity contribution in [3.8, 4) is 5.88 Å². The third-order valence-electron chi connectivity index (χ3n) is 2.02. The molecule has 0 fully saturated rings. The first kappa shape index (κ1) is 10.8. The van der Waals surface area contributed by atoms with Crippen LogP contribution in [0.2, 0.25) is 0 Å². The van der Waals surface area contributed by atoms with E-state index in [1.807, 2.05) is 12.1 Å². The molecule has 0 amide bonds. The fraction of sp³-hybridized carbons (Fsp3) is 0.545. The van der Waals surface area contributed by atoms with Gasteiger partial charge < -0.3 is 10.1 Å². The van der Waals surface area contributed by atoms with Gasteiger partial charge in [0.2, 0.25) is 5.88 Å². The fourth-order valence-corrected chi connectivity index (χ4v) is 1.11. The van der Waals surface area contributed by atoms with Gasteiger partial charge >= 0.3 is 0 Å². The molecule has 1 rings (SSSR count). The van der Waals surface area contributed by atoms with E-state index in [0.29, 0.717) is 5.88 Å². The molecule has 0 radical (unpaired) electrons. The molecule has 0 atom stereocenters. The molecule has 0 saturated heterocycles. The van der Waals surface area contributed by atoms with Crippen molar-refractivity contribution in [3.05, 3.63) is 23.1 Å². The van der Waals surface area contributed by atoms with Gasteiger partial charge in [-0.1, -0.05) is 26.8 Å². The lowest BCUT2D eigenvalue weighted by atomic mass is 9.91. The van der Waals surface area contributed by atoms with Gasteiger partial charge in [-0.3, -0.25) is 0 Å². The van der Waals surface area contributed by atoms with Crippen molar-refractivity contribution in [3.63, 3.8) is 0 Å². The van der Waals surface area contributed by atoms with Crippen LogP contribution in [-0.4, -0.2) is 19.1 Å². The van der Waals surface area contributed by atoms with Crippen LogP contribution in [0.4, 0.5) is 5.69 Å². The summed E-state index contributed by atoms with van der Waals surface area (Å²) < 4.78 is 5.12. The summed E-state index contributed by atoms with van der Waals surface area (Å²) in [5, 5.41) is 4.13. The van der Waals surface area contributed by atoms with Crippen LogP contribution in [0.5, 0.6) is 5.88 Å². The maximum Gasteiger partial charge on any atom is 0.211 e. The summed E-state index contributed by atoms with van der Waals surface area (Å²) in [7, 11) is 3.38. The van der Waals surface area contributed by atoms with E-state index in [1.54, 1.807) is 14.2 Å². The van der Waals surface area contributed by atoms with E-state index in [-0.39, 0.29) is 5.41 Å². The lowest BCUT2D eigenvalue weighted by Gasteiger charge is -2.23. The lowest BCUT2D eigenvalue weighted by molar-refractivity contribution is 0.392. The first-order valence-corrected chi connectivity index (χ1v) is 4.64. The number of pyridine rings is 1. The van der Waals surface area contributed by atoms with Gasteiger partial charge in [0.05, 0.1) is 7.11 Å². The van der Waals surface area contributed by atoms with Gasteiger partial charge in [0, 0.05) is 11.1 Å². The molecule has 78 valence electrons. The zero-order valence-electron chi connectivity index (χ0n) is 9.46. The highest BCUT2D eigenvalue weighted by Gasteiger charge is 2.15. The Hall–Kier alpha value is -1.25. The molecule has 0 saturated carbocycles. The van der Waals surface area contributed by atoms with E-state index < -0.39 is 0 Å². The van der Waals surface area contributed by atoms with Gasteiger partial charge in [0.15, 0.2) is 0 Å². The van der Waals surface area contributed by atoms with Crippen LogP contribution < -0.4 is 4.74 Å². The Labute approximate surface area is 85.5 Å². The summed E-state index contributed by atoms with van der Waals surface area (Å²) in [6.45, 7) is 6.36. The van der Waals surface area contributed by atoms with Crippen LogP contribution in [0.3, 0.4) is 0 Å². The molecule has 3 heteroatoms. The van der Waals surface area contributed by atoms with E-state index >= 15 is 0 Å². The lowest BCUT2D eigenvalue weighted by Crippen LogP contribution is -2.13. The van der Waals surface area contributed by atoms with Gasteiger partial charge in [-0.15, -0.1) is 12.7 Å². The highest BCUT2D eigenvalue weighted by molar-refractivity contribution is 5.51. The van der Waals surface area contributed by atoms with E-state index in [1.165, 1.54) is 0 Å². The first-order chi connectivity index (χ1) is 6.47. The SMILES string of the molecule is C[N-]c1cc(OC)nc(C(C)(C)C)c1. The molecule has 1 aromatic rings. The molecule has 0 aromatic carbocycles. The van der Waals surface area contributed by atoms with E-state index in [0.717, 1.165) is 11.4 Å². The van der Waals surface area contributed by atoms with Crippen LogP contribution in [0.1, 0.15) is 26.5 Å². The molecule has 14 heavy (non-hydrogen) atoms. The summed E-state index contributed by atoms with van der Waals surface area (Å²) in [4.78, 5) is 4.39. The number of methoxy groups -OCH3 is 1. The van der Waals surface area contributed by atoms with Crippen LogP contribution in [-0.2, 0) is 5.41 Å². The van der Waals surface area contributed by atoms with Gasteiger partial charge in [0.25, 0.3) is 0 Å². The molecule has 1 heterocycles. The molecule has 0 spiro atoms. The largest absolute Gasteiger partial charge is 0.687 e. The topological polar surface area (TPSA) is 36.2 Å². The Morgan fingerprint density at radius 3 is 2.36 bits per heavy atom. The Kier molecular flexibility index (Phi) is 2.99. The second kappa shape index (κ2) is 3.86. The second-order valence-corrected chi connectivity index (χ2v) is 4.23. The highest BCUT2D eigenvalue weighted by Crippen LogP contribution is 2.28. The minimum absolute atomic E-state index is 0.0218. The standard InChI is InChI=1S/C11H17N2O/c1-11(2,3)9-6-8(12-4)7-10(13-9)14-5/h6-7H,1-5H3/q-1. The maximum atomic E-state index is 5.12. The number of nitrogens with zero attached hydrogens (tertiary/aromatic N) is 2. The van der Waals surface area contributed by atoms with Crippen molar-refractivity contribution in [1.29, 1.82) is 0 Å². The van der Waals surface area contributed by atoms with E-state index in [2.05, 4.69) is 31.1 Å². The zero-order valence-corrected chi connectivity index (χ0v) is 9.46. The van der Waals surface area contributed by atoms with Crippen molar-refractivity contribution < 1.29 is 4.74 Å². The molecule has 0 aliphatic heterocycles. The minimum Gasteiger partial charge on any atom is -0.687 e. The number of hydrogen-bond acceptors (Lipinski definition) is 2. The third-order valence-corrected chi connectivity index (χ3v) is 2.02. The minimum atomic E-state index is 0.0218. The van der Waals surface area contributed by atoms with Crippen molar-refractivity contribution in [2.45, 2.75) is 26.2 Å². The molecule has 0 aliphatic carbocycles. The molecule has 0 aliphatic rings. The van der Waals surface area contributed by atoms with Gasteiger partial charge in [-0.05, 0) is 6.07 Å². The Morgan fingerprint density at radius 1 is 1.29 bits per heavy atom. The third kappa shape index (κ3) is 2.37. The van der Waals surface area contributed by atoms with E-state index in [9.17, 15) is 0 Å². The van der Waals surface area contributed by atoms with Gasteiger partial charge in [0.1, 0.15) is 0 Å². The van der Waals surface area contributed by atoms with Crippen LogP contribution in [0.25, 0.3) is 5.32 Å². The summed E-state index contributed by atoms with van der Waals surface area (Å²) in [6.07, 6.45) is 0. The average Bonchev–Trinajstić information content (AvgIpc) is 2.15. The van der Waals surface area contributed by atoms with Crippen molar-refractivity contribution in [2.24, 2.45) is 0 Å². The summed E-state index contributed by atoms with van der Waals surface area (Å²) in [5.41, 5.74) is 1.92. The number of aromatic nitrogens is 1. The summed E-state index contributed by atoms with van der Waals surface area (Å²) in [5.74, 6) is 0.623. The second-order valence-electron chi connectivity index (χ2n) is 4.23. The predicted octanol–water partition coefficient (Wildman–Crippen LogP) is 3.02. The normalized spacial score (nSPS) is 11.2. The summed E-state index contributed by atoms with van der Waals surface area (Å²) in [6, 6.07) is 3.82. The molecule has 0 unspecified atom stereocenters. The Bertz CT molecular complexity index is 293. The molecule has 0 N–H and O–H groups in total. The maximum absolute atomic E-state index is 5.12. The Morgan fingerprint density at radius 2 is 1.93 bits per heavy atom. The predicted molar refractivity (Wildman–Crippen MR) is 58.4 cm³/mol. The van der Waals surface area contributed by atoms with Gasteiger partial charge in [-0.25, -0.2) is 4.98 Å². The molecule has 3 nitrogen and oxygen atoms in total. The van der Waals surface area contributed by atoms with Crippen LogP contribution in [0, 0.1) is 0 Å². The van der Waals surface area contributed by atoms with Crippen LogP contribution in [0.15, 0.2) is 12.1 Å². The number of ether oxygens (including phenoxy) is 1. The van der Waals surface area contributed by atoms with E-state index in [4.69, 9.17) is 4.74 Å². The molecular formula is C11H17N2O-. The molecule has 1 aromatic heterocycles. The average molecular weight is 193 g/mol. The van der Waals surface area contributed by atoms with Crippen molar-refractivity contribution >= 4 is 5.69 Å². The summed E-state index contributed by atoms with van der Waals surface area (Å²) >= 11 is 0. The van der Waals surface area contributed by atoms with Crippen LogP contribution >= 0.6 is 0 Å². The highest BCUT2D eigenvalue weighted by atomic mass is 16.5. The van der Waals surface area contributed by atoms with Crippen molar-refractivity contribution in [1.82, 2.24) is 4.98 Å². The quantitative estimate of drug-likeness (QED) is 0.723. The monoisotopic (exact) mass is 193 g/mol. The van der Waals surface area contributed by atoms with Gasteiger partial charge in [-0.2, -0.15) is 0 Å². The molecule has 0 bridgehead atoms.